The largest absolute Gasteiger partial charge is 0.385 e. The summed E-state index contributed by atoms with van der Waals surface area (Å²) in [7, 11) is 1.61. The van der Waals surface area contributed by atoms with Crippen molar-refractivity contribution in [2.24, 2.45) is 5.73 Å². The molecule has 1 aromatic carbocycles. The Hall–Kier alpha value is -0.900. The third-order valence-corrected chi connectivity index (χ3v) is 2.37. The van der Waals surface area contributed by atoms with Gasteiger partial charge in [0.15, 0.2) is 0 Å². The van der Waals surface area contributed by atoms with Gasteiger partial charge in [0.2, 0.25) is 0 Å². The molecule has 0 saturated heterocycles. The van der Waals surface area contributed by atoms with Crippen LogP contribution in [0.3, 0.4) is 0 Å². The molecule has 0 bridgehead atoms. The van der Waals surface area contributed by atoms with E-state index < -0.39 is 5.60 Å². The van der Waals surface area contributed by atoms with Gasteiger partial charge in [0.05, 0.1) is 0 Å². The van der Waals surface area contributed by atoms with Gasteiger partial charge in [-0.3, -0.25) is 0 Å². The van der Waals surface area contributed by atoms with Crippen LogP contribution in [0.4, 0.5) is 0 Å². The fourth-order valence-electron chi connectivity index (χ4n) is 1.38. The highest BCUT2D eigenvalue weighted by molar-refractivity contribution is 5.22. The Morgan fingerprint density at radius 3 is 2.50 bits per heavy atom. The third kappa shape index (κ3) is 2.54. The van der Waals surface area contributed by atoms with Gasteiger partial charge in [0.25, 0.3) is 0 Å². The number of nitrogens with two attached hydrogens (primary N) is 1. The number of hydrogen-bond acceptors (Lipinski definition) is 3. The lowest BCUT2D eigenvalue weighted by atomic mass is 9.91. The van der Waals surface area contributed by atoms with Crippen LogP contribution in [0.2, 0.25) is 0 Å². The highest BCUT2D eigenvalue weighted by Crippen LogP contribution is 2.23. The zero-order valence-electron chi connectivity index (χ0n) is 8.44. The van der Waals surface area contributed by atoms with Gasteiger partial charge in [0, 0.05) is 26.7 Å². The molecule has 3 nitrogen and oxygen atoms in total. The third-order valence-electron chi connectivity index (χ3n) is 2.37. The summed E-state index contributed by atoms with van der Waals surface area (Å²) in [6, 6.07) is 9.45. The number of aliphatic hydroxyl groups is 1. The molecule has 1 aromatic rings. The summed E-state index contributed by atoms with van der Waals surface area (Å²) in [6.07, 6.45) is 0.518. The van der Waals surface area contributed by atoms with E-state index in [4.69, 9.17) is 10.5 Å². The molecular formula is C11H17NO2. The maximum absolute atomic E-state index is 10.2. The molecule has 1 atom stereocenters. The predicted molar refractivity (Wildman–Crippen MR) is 55.9 cm³/mol. The van der Waals surface area contributed by atoms with Crippen molar-refractivity contribution < 1.29 is 9.84 Å². The van der Waals surface area contributed by atoms with E-state index >= 15 is 0 Å². The van der Waals surface area contributed by atoms with Gasteiger partial charge >= 0.3 is 0 Å². The van der Waals surface area contributed by atoms with Crippen LogP contribution in [0.1, 0.15) is 12.0 Å². The van der Waals surface area contributed by atoms with E-state index in [1.165, 1.54) is 0 Å². The fourth-order valence-corrected chi connectivity index (χ4v) is 1.38. The molecule has 0 aliphatic carbocycles. The second kappa shape index (κ2) is 5.10. The molecule has 0 amide bonds. The molecule has 0 aliphatic rings. The summed E-state index contributed by atoms with van der Waals surface area (Å²) in [5.41, 5.74) is 5.46. The van der Waals surface area contributed by atoms with E-state index in [0.717, 1.165) is 5.56 Å². The van der Waals surface area contributed by atoms with Gasteiger partial charge < -0.3 is 15.6 Å². The van der Waals surface area contributed by atoms with Crippen LogP contribution in [0.5, 0.6) is 0 Å². The zero-order valence-corrected chi connectivity index (χ0v) is 8.44. The first-order chi connectivity index (χ1) is 6.73. The highest BCUT2D eigenvalue weighted by Gasteiger charge is 2.26. The number of benzene rings is 1. The minimum atomic E-state index is -0.961. The quantitative estimate of drug-likeness (QED) is 0.733. The lowest BCUT2D eigenvalue weighted by Gasteiger charge is -2.26. The van der Waals surface area contributed by atoms with Crippen LogP contribution in [0.25, 0.3) is 0 Å². The molecule has 1 rings (SSSR count). The molecule has 0 spiro atoms. The molecule has 0 heterocycles. The van der Waals surface area contributed by atoms with Gasteiger partial charge in [-0.15, -0.1) is 0 Å². The maximum atomic E-state index is 10.2. The first-order valence-corrected chi connectivity index (χ1v) is 4.70. The van der Waals surface area contributed by atoms with Crippen molar-refractivity contribution in [3.05, 3.63) is 35.9 Å². The smallest absolute Gasteiger partial charge is 0.104 e. The number of rotatable bonds is 5. The van der Waals surface area contributed by atoms with Gasteiger partial charge in [-0.1, -0.05) is 30.3 Å². The van der Waals surface area contributed by atoms with Crippen molar-refractivity contribution >= 4 is 0 Å². The Morgan fingerprint density at radius 1 is 1.36 bits per heavy atom. The fraction of sp³-hybridized carbons (Fsp3) is 0.455. The average Bonchev–Trinajstić information content (AvgIpc) is 2.27. The van der Waals surface area contributed by atoms with Crippen molar-refractivity contribution in [3.8, 4) is 0 Å². The Kier molecular flexibility index (Phi) is 4.07. The van der Waals surface area contributed by atoms with E-state index in [9.17, 15) is 5.11 Å². The molecule has 0 aliphatic heterocycles. The molecule has 0 fully saturated rings. The summed E-state index contributed by atoms with van der Waals surface area (Å²) in [5, 5.41) is 10.2. The van der Waals surface area contributed by atoms with Gasteiger partial charge in [-0.25, -0.2) is 0 Å². The molecule has 14 heavy (non-hydrogen) atoms. The summed E-state index contributed by atoms with van der Waals surface area (Å²) < 4.78 is 4.95. The van der Waals surface area contributed by atoms with Crippen LogP contribution >= 0.6 is 0 Å². The molecule has 1 unspecified atom stereocenters. The molecule has 0 radical (unpaired) electrons. The average molecular weight is 195 g/mol. The molecule has 78 valence electrons. The van der Waals surface area contributed by atoms with Gasteiger partial charge in [0.1, 0.15) is 5.60 Å². The van der Waals surface area contributed by atoms with Crippen LogP contribution < -0.4 is 5.73 Å². The van der Waals surface area contributed by atoms with E-state index in [1.54, 1.807) is 7.11 Å². The van der Waals surface area contributed by atoms with Crippen molar-refractivity contribution in [2.75, 3.05) is 20.3 Å². The van der Waals surface area contributed by atoms with Crippen LogP contribution in [-0.2, 0) is 10.3 Å². The van der Waals surface area contributed by atoms with Crippen LogP contribution in [0.15, 0.2) is 30.3 Å². The second-order valence-electron chi connectivity index (χ2n) is 3.34. The zero-order chi connectivity index (χ0) is 10.4. The van der Waals surface area contributed by atoms with E-state index in [1.807, 2.05) is 30.3 Å². The number of hydrogen-bond donors (Lipinski definition) is 2. The monoisotopic (exact) mass is 195 g/mol. The lowest BCUT2D eigenvalue weighted by molar-refractivity contribution is 0.0120. The first-order valence-electron chi connectivity index (χ1n) is 4.70. The maximum Gasteiger partial charge on any atom is 0.104 e. The van der Waals surface area contributed by atoms with Gasteiger partial charge in [-0.05, 0) is 5.56 Å². The van der Waals surface area contributed by atoms with Crippen LogP contribution in [0, 0.1) is 0 Å². The SMILES string of the molecule is COCCC(O)(CN)c1ccccc1. The Bertz CT molecular complexity index is 263. The van der Waals surface area contributed by atoms with E-state index in [-0.39, 0.29) is 6.54 Å². The molecule has 0 saturated carbocycles. The van der Waals surface area contributed by atoms with Crippen LogP contribution in [-0.4, -0.2) is 25.4 Å². The van der Waals surface area contributed by atoms with Crippen molar-refractivity contribution in [2.45, 2.75) is 12.0 Å². The molecule has 3 N–H and O–H groups in total. The predicted octanol–water partition coefficient (Wildman–Crippen LogP) is 0.869. The highest BCUT2D eigenvalue weighted by atomic mass is 16.5. The first kappa shape index (κ1) is 11.2. The number of methoxy groups -OCH3 is 1. The summed E-state index contributed by atoms with van der Waals surface area (Å²) in [5.74, 6) is 0. The number of ether oxygens (including phenoxy) is 1. The molecule has 3 heteroatoms. The lowest BCUT2D eigenvalue weighted by Crippen LogP contribution is -2.36. The normalized spacial score (nSPS) is 15.1. The Morgan fingerprint density at radius 2 is 2.00 bits per heavy atom. The summed E-state index contributed by atoms with van der Waals surface area (Å²) in [4.78, 5) is 0. The Balaban J connectivity index is 2.79. The minimum absolute atomic E-state index is 0.209. The summed E-state index contributed by atoms with van der Waals surface area (Å²) in [6.45, 7) is 0.711. The summed E-state index contributed by atoms with van der Waals surface area (Å²) >= 11 is 0. The van der Waals surface area contributed by atoms with Crippen molar-refractivity contribution in [1.29, 1.82) is 0 Å². The van der Waals surface area contributed by atoms with E-state index in [2.05, 4.69) is 0 Å². The molecular weight excluding hydrogens is 178 g/mol. The standard InChI is InChI=1S/C11H17NO2/c1-14-8-7-11(13,9-12)10-5-3-2-4-6-10/h2-6,13H,7-9,12H2,1H3. The topological polar surface area (TPSA) is 55.5 Å². The molecule has 0 aromatic heterocycles. The minimum Gasteiger partial charge on any atom is -0.385 e. The Labute approximate surface area is 84.5 Å². The van der Waals surface area contributed by atoms with Crippen molar-refractivity contribution in [3.63, 3.8) is 0 Å². The van der Waals surface area contributed by atoms with Crippen molar-refractivity contribution in [1.82, 2.24) is 0 Å². The second-order valence-corrected chi connectivity index (χ2v) is 3.34. The van der Waals surface area contributed by atoms with Gasteiger partial charge in [-0.2, -0.15) is 0 Å². The van der Waals surface area contributed by atoms with E-state index in [0.29, 0.717) is 13.0 Å².